The van der Waals surface area contributed by atoms with Crippen LogP contribution in [0.4, 0.5) is 0 Å². The summed E-state index contributed by atoms with van der Waals surface area (Å²) in [4.78, 5) is 13.3. The lowest BCUT2D eigenvalue weighted by Gasteiger charge is -2.46. The van der Waals surface area contributed by atoms with Crippen molar-refractivity contribution in [3.05, 3.63) is 0 Å². The van der Waals surface area contributed by atoms with Gasteiger partial charge < -0.3 is 9.84 Å². The fraction of sp³-hybridized carbons (Fsp3) is 0.909. The number of ether oxygens (including phenoxy) is 1. The van der Waals surface area contributed by atoms with Crippen molar-refractivity contribution in [1.82, 2.24) is 4.90 Å². The third-order valence-corrected chi connectivity index (χ3v) is 3.05. The fourth-order valence-corrected chi connectivity index (χ4v) is 2.20. The van der Waals surface area contributed by atoms with Crippen molar-refractivity contribution >= 4 is 5.97 Å². The van der Waals surface area contributed by atoms with Crippen molar-refractivity contribution in [2.45, 2.75) is 38.4 Å². The Hall–Kier alpha value is -0.610. The summed E-state index contributed by atoms with van der Waals surface area (Å²) in [5, 5.41) is 10.0. The van der Waals surface area contributed by atoms with Crippen LogP contribution in [0.2, 0.25) is 0 Å². The van der Waals surface area contributed by atoms with Gasteiger partial charge in [-0.1, -0.05) is 0 Å². The van der Waals surface area contributed by atoms with Gasteiger partial charge in [0.05, 0.1) is 18.2 Å². The number of carbonyl (C=O) groups is 1. The zero-order chi connectivity index (χ0) is 11.1. The molecule has 1 saturated heterocycles. The van der Waals surface area contributed by atoms with E-state index in [1.807, 2.05) is 18.7 Å². The summed E-state index contributed by atoms with van der Waals surface area (Å²) in [5.41, 5.74) is -0.502. The van der Waals surface area contributed by atoms with Crippen LogP contribution in [0.15, 0.2) is 0 Å². The minimum absolute atomic E-state index is 0.0545. The number of β-amino-alcohol motifs (C(OH)–C–C–N with tert-alkyl or cyclic N) is 1. The number of likely N-dealkylation sites (tertiary alicyclic amines) is 1. The van der Waals surface area contributed by atoms with E-state index in [-0.39, 0.29) is 12.1 Å². The van der Waals surface area contributed by atoms with Gasteiger partial charge in [0.1, 0.15) is 0 Å². The molecule has 0 aromatic carbocycles. The van der Waals surface area contributed by atoms with E-state index in [9.17, 15) is 9.90 Å². The van der Waals surface area contributed by atoms with Gasteiger partial charge in [-0.3, -0.25) is 9.69 Å². The second-order valence-corrected chi connectivity index (χ2v) is 5.06. The molecule has 4 nitrogen and oxygen atoms in total. The molecule has 1 saturated carbocycles. The summed E-state index contributed by atoms with van der Waals surface area (Å²) >= 11 is 0. The Kier molecular flexibility index (Phi) is 2.73. The molecule has 2 rings (SSSR count). The highest BCUT2D eigenvalue weighted by molar-refractivity contribution is 5.72. The lowest BCUT2D eigenvalue weighted by Crippen LogP contribution is -2.64. The monoisotopic (exact) mass is 213 g/mol. The molecule has 86 valence electrons. The van der Waals surface area contributed by atoms with Crippen molar-refractivity contribution < 1.29 is 14.6 Å². The average molecular weight is 213 g/mol. The third-order valence-electron chi connectivity index (χ3n) is 3.05. The first-order valence-corrected chi connectivity index (χ1v) is 5.64. The molecule has 0 radical (unpaired) electrons. The zero-order valence-corrected chi connectivity index (χ0v) is 9.40. The fourth-order valence-electron chi connectivity index (χ4n) is 2.20. The van der Waals surface area contributed by atoms with E-state index >= 15 is 0 Å². The van der Waals surface area contributed by atoms with Crippen LogP contribution >= 0.6 is 0 Å². The van der Waals surface area contributed by atoms with Crippen molar-refractivity contribution in [2.24, 2.45) is 5.92 Å². The molecule has 1 aliphatic carbocycles. The maximum Gasteiger partial charge on any atom is 0.320 e. The van der Waals surface area contributed by atoms with Gasteiger partial charge in [-0.2, -0.15) is 0 Å². The van der Waals surface area contributed by atoms with Gasteiger partial charge in [-0.05, 0) is 32.6 Å². The van der Waals surface area contributed by atoms with Crippen molar-refractivity contribution in [2.75, 3.05) is 19.6 Å². The Morgan fingerprint density at radius 2 is 2.13 bits per heavy atom. The smallest absolute Gasteiger partial charge is 0.320 e. The molecule has 0 amide bonds. The van der Waals surface area contributed by atoms with Gasteiger partial charge in [-0.15, -0.1) is 0 Å². The van der Waals surface area contributed by atoms with Crippen molar-refractivity contribution in [3.63, 3.8) is 0 Å². The maximum absolute atomic E-state index is 11.3. The van der Waals surface area contributed by atoms with E-state index in [0.29, 0.717) is 25.6 Å². The summed E-state index contributed by atoms with van der Waals surface area (Å²) in [6.07, 6.45) is 2.22. The van der Waals surface area contributed by atoms with Crippen LogP contribution in [0.1, 0.15) is 26.7 Å². The Morgan fingerprint density at radius 1 is 1.53 bits per heavy atom. The van der Waals surface area contributed by atoms with Gasteiger partial charge >= 0.3 is 5.97 Å². The molecule has 0 spiro atoms. The molecule has 1 N–H and O–H groups in total. The van der Waals surface area contributed by atoms with Gasteiger partial charge in [0, 0.05) is 13.1 Å². The lowest BCUT2D eigenvalue weighted by atomic mass is 9.89. The number of rotatable bonds is 4. The van der Waals surface area contributed by atoms with E-state index in [1.165, 1.54) is 0 Å². The third kappa shape index (κ3) is 2.49. The SMILES string of the molecule is CC(C)OC(=O)CN1CC(O)(C2CC2)C1. The van der Waals surface area contributed by atoms with Crippen LogP contribution in [-0.4, -0.2) is 47.3 Å². The molecule has 0 aromatic heterocycles. The summed E-state index contributed by atoms with van der Waals surface area (Å²) < 4.78 is 5.04. The molecule has 0 aromatic rings. The number of nitrogens with zero attached hydrogens (tertiary/aromatic N) is 1. The zero-order valence-electron chi connectivity index (χ0n) is 9.40. The quantitative estimate of drug-likeness (QED) is 0.687. The molecule has 15 heavy (non-hydrogen) atoms. The van der Waals surface area contributed by atoms with Crippen LogP contribution < -0.4 is 0 Å². The van der Waals surface area contributed by atoms with Crippen LogP contribution in [0.25, 0.3) is 0 Å². The van der Waals surface area contributed by atoms with E-state index < -0.39 is 5.60 Å². The highest BCUT2D eigenvalue weighted by Gasteiger charge is 2.52. The first-order valence-electron chi connectivity index (χ1n) is 5.64. The molecular formula is C11H19NO3. The predicted molar refractivity (Wildman–Crippen MR) is 55.3 cm³/mol. The Balaban J connectivity index is 1.68. The van der Waals surface area contributed by atoms with Gasteiger partial charge in [-0.25, -0.2) is 0 Å². The number of hydrogen-bond donors (Lipinski definition) is 1. The van der Waals surface area contributed by atoms with Crippen molar-refractivity contribution in [3.8, 4) is 0 Å². The molecule has 2 fully saturated rings. The summed E-state index contributed by atoms with van der Waals surface area (Å²) in [5.74, 6) is 0.290. The van der Waals surface area contributed by atoms with E-state index in [2.05, 4.69) is 0 Å². The summed E-state index contributed by atoms with van der Waals surface area (Å²) in [7, 11) is 0. The highest BCUT2D eigenvalue weighted by Crippen LogP contribution is 2.44. The molecule has 0 unspecified atom stereocenters. The Morgan fingerprint density at radius 3 is 2.60 bits per heavy atom. The lowest BCUT2D eigenvalue weighted by molar-refractivity contribution is -0.158. The maximum atomic E-state index is 11.3. The van der Waals surface area contributed by atoms with E-state index in [0.717, 1.165) is 12.8 Å². The number of carbonyl (C=O) groups excluding carboxylic acids is 1. The minimum atomic E-state index is -0.502. The molecule has 1 heterocycles. The predicted octanol–water partition coefficient (Wildman–Crippen LogP) is 0.395. The summed E-state index contributed by atoms with van der Waals surface area (Å²) in [6.45, 7) is 5.26. The standard InChI is InChI=1S/C11H19NO3/c1-8(2)15-10(13)5-12-6-11(14,7-12)9-3-4-9/h8-9,14H,3-7H2,1-2H3. The second kappa shape index (κ2) is 3.76. The van der Waals surface area contributed by atoms with Gasteiger partial charge in [0.25, 0.3) is 0 Å². The molecule has 1 aliphatic heterocycles. The van der Waals surface area contributed by atoms with Crippen LogP contribution in [0.3, 0.4) is 0 Å². The van der Waals surface area contributed by atoms with Gasteiger partial charge in [0.15, 0.2) is 0 Å². The molecular weight excluding hydrogens is 194 g/mol. The first-order chi connectivity index (χ1) is 6.99. The van der Waals surface area contributed by atoms with E-state index in [1.54, 1.807) is 0 Å². The highest BCUT2D eigenvalue weighted by atomic mass is 16.5. The number of hydrogen-bond acceptors (Lipinski definition) is 4. The van der Waals surface area contributed by atoms with Gasteiger partial charge in [0.2, 0.25) is 0 Å². The molecule has 0 atom stereocenters. The number of aliphatic hydroxyl groups is 1. The summed E-state index contributed by atoms with van der Waals surface area (Å²) in [6, 6.07) is 0. The van der Waals surface area contributed by atoms with Crippen molar-refractivity contribution in [1.29, 1.82) is 0 Å². The Bertz CT molecular complexity index is 255. The number of esters is 1. The van der Waals surface area contributed by atoms with Crippen LogP contribution in [0.5, 0.6) is 0 Å². The molecule has 0 bridgehead atoms. The first kappa shape index (κ1) is 10.9. The van der Waals surface area contributed by atoms with Crippen LogP contribution in [0, 0.1) is 5.92 Å². The Labute approximate surface area is 90.2 Å². The molecule has 4 heteroatoms. The topological polar surface area (TPSA) is 49.8 Å². The van der Waals surface area contributed by atoms with E-state index in [4.69, 9.17) is 4.74 Å². The largest absolute Gasteiger partial charge is 0.462 e. The average Bonchev–Trinajstić information content (AvgIpc) is 2.80. The van der Waals surface area contributed by atoms with Crippen LogP contribution in [-0.2, 0) is 9.53 Å². The minimum Gasteiger partial charge on any atom is -0.462 e. The second-order valence-electron chi connectivity index (χ2n) is 5.06. The normalized spacial score (nSPS) is 25.1. The molecule has 2 aliphatic rings.